The number of hydrogen-bond acceptors (Lipinski definition) is 10. The molecule has 3 aromatic heterocycles. The highest BCUT2D eigenvalue weighted by molar-refractivity contribution is 5.37. The smallest absolute Gasteiger partial charge is 0.173 e. The van der Waals surface area contributed by atoms with E-state index in [4.69, 9.17) is 9.84 Å². The van der Waals surface area contributed by atoms with Crippen LogP contribution in [0.25, 0.3) is 5.69 Å². The van der Waals surface area contributed by atoms with Gasteiger partial charge in [0.25, 0.3) is 0 Å². The Morgan fingerprint density at radius 1 is 0.724 bits per heavy atom. The SMILES string of the molecule is CC(C)Oc1ccc(CN2CCn3nnnc3C2C2CCCCC2)cc1.CC(C)c1nn(-c2ccccc2)cc1C1c2nnnn2CCN1Cc1cccc(F)c1F. The molecular formula is C43H52F2N12O. The minimum absolute atomic E-state index is 0.147. The summed E-state index contributed by atoms with van der Waals surface area (Å²) >= 11 is 0. The molecule has 0 saturated heterocycles. The fourth-order valence-corrected chi connectivity index (χ4v) is 8.68. The molecule has 3 aliphatic rings. The van der Waals surface area contributed by atoms with Crippen molar-refractivity contribution in [1.82, 2.24) is 60.0 Å². The first-order valence-corrected chi connectivity index (χ1v) is 20.6. The number of hydrogen-bond donors (Lipinski definition) is 0. The molecule has 6 aromatic rings. The first kappa shape index (κ1) is 39.4. The van der Waals surface area contributed by atoms with Crippen molar-refractivity contribution >= 4 is 0 Å². The predicted molar refractivity (Wildman–Crippen MR) is 214 cm³/mol. The maximum atomic E-state index is 14.5. The Kier molecular flexibility index (Phi) is 12.0. The number of aromatic nitrogens is 10. The molecule has 15 heteroatoms. The lowest BCUT2D eigenvalue weighted by Crippen LogP contribution is -2.42. The lowest BCUT2D eigenvalue weighted by molar-refractivity contribution is 0.0731. The molecule has 3 aromatic carbocycles. The van der Waals surface area contributed by atoms with Gasteiger partial charge >= 0.3 is 0 Å². The third kappa shape index (κ3) is 8.56. The van der Waals surface area contributed by atoms with Crippen molar-refractivity contribution in [2.75, 3.05) is 13.1 Å². The number of rotatable bonds is 10. The van der Waals surface area contributed by atoms with Crippen molar-refractivity contribution in [3.05, 3.63) is 125 Å². The van der Waals surface area contributed by atoms with E-state index in [0.717, 1.165) is 54.2 Å². The second-order valence-corrected chi connectivity index (χ2v) is 16.1. The molecule has 58 heavy (non-hydrogen) atoms. The maximum Gasteiger partial charge on any atom is 0.173 e. The van der Waals surface area contributed by atoms with E-state index in [0.29, 0.717) is 36.4 Å². The fraction of sp³-hybridized carbons (Fsp3) is 0.465. The zero-order valence-corrected chi connectivity index (χ0v) is 33.7. The minimum Gasteiger partial charge on any atom is -0.491 e. The first-order chi connectivity index (χ1) is 28.2. The van der Waals surface area contributed by atoms with Crippen LogP contribution < -0.4 is 4.74 Å². The van der Waals surface area contributed by atoms with E-state index in [-0.39, 0.29) is 24.6 Å². The van der Waals surface area contributed by atoms with Crippen LogP contribution in [-0.2, 0) is 26.2 Å². The minimum atomic E-state index is -0.847. The molecule has 1 aliphatic carbocycles. The number of fused-ring (bicyclic) bond motifs is 2. The molecule has 0 spiro atoms. The highest BCUT2D eigenvalue weighted by atomic mass is 19.2. The predicted octanol–water partition coefficient (Wildman–Crippen LogP) is 7.46. The molecule has 2 unspecified atom stereocenters. The average molecular weight is 791 g/mol. The topological polar surface area (TPSA) is 121 Å². The summed E-state index contributed by atoms with van der Waals surface area (Å²) in [6.45, 7) is 12.5. The Morgan fingerprint density at radius 3 is 2.12 bits per heavy atom. The molecule has 304 valence electrons. The van der Waals surface area contributed by atoms with Gasteiger partial charge in [-0.15, -0.1) is 10.2 Å². The second kappa shape index (κ2) is 17.6. The molecule has 2 aliphatic heterocycles. The molecule has 0 N–H and O–H groups in total. The van der Waals surface area contributed by atoms with Gasteiger partial charge in [0.15, 0.2) is 23.3 Å². The maximum absolute atomic E-state index is 14.5. The zero-order valence-electron chi connectivity index (χ0n) is 33.7. The van der Waals surface area contributed by atoms with Crippen LogP contribution in [0.1, 0.15) is 112 Å². The molecule has 5 heterocycles. The van der Waals surface area contributed by atoms with Crippen LogP contribution in [0.3, 0.4) is 0 Å². The normalized spacial score (nSPS) is 18.8. The summed E-state index contributed by atoms with van der Waals surface area (Å²) in [5, 5.41) is 29.7. The summed E-state index contributed by atoms with van der Waals surface area (Å²) in [6.07, 6.45) is 8.80. The number of nitrogens with zero attached hydrogens (tertiary/aromatic N) is 12. The third-order valence-electron chi connectivity index (χ3n) is 11.4. The van der Waals surface area contributed by atoms with Crippen LogP contribution >= 0.6 is 0 Å². The lowest BCUT2D eigenvalue weighted by atomic mass is 9.82. The van der Waals surface area contributed by atoms with Gasteiger partial charge in [-0.2, -0.15) is 5.10 Å². The number of tetrazole rings is 2. The van der Waals surface area contributed by atoms with E-state index in [1.54, 1.807) is 10.7 Å². The van der Waals surface area contributed by atoms with Gasteiger partial charge < -0.3 is 4.74 Å². The van der Waals surface area contributed by atoms with Gasteiger partial charge in [-0.05, 0) is 95.3 Å². The van der Waals surface area contributed by atoms with E-state index in [2.05, 4.69) is 92.8 Å². The van der Waals surface area contributed by atoms with Crippen LogP contribution in [0.2, 0.25) is 0 Å². The Bertz CT molecular complexity index is 2250. The summed E-state index contributed by atoms with van der Waals surface area (Å²) in [6, 6.07) is 22.7. The summed E-state index contributed by atoms with van der Waals surface area (Å²) in [4.78, 5) is 4.67. The van der Waals surface area contributed by atoms with Crippen LogP contribution in [-0.4, -0.2) is 79.2 Å². The Labute approximate surface area is 338 Å². The van der Waals surface area contributed by atoms with Gasteiger partial charge in [0.2, 0.25) is 0 Å². The fourth-order valence-electron chi connectivity index (χ4n) is 8.68. The molecule has 2 atom stereocenters. The van der Waals surface area contributed by atoms with Crippen LogP contribution in [0.4, 0.5) is 8.78 Å². The number of benzene rings is 3. The molecule has 0 amide bonds. The van der Waals surface area contributed by atoms with Crippen LogP contribution in [0.5, 0.6) is 5.75 Å². The lowest BCUT2D eigenvalue weighted by Gasteiger charge is -2.40. The number of ether oxygens (including phenoxy) is 1. The second-order valence-electron chi connectivity index (χ2n) is 16.1. The molecule has 1 fully saturated rings. The molecule has 1 saturated carbocycles. The standard InChI is InChI=1S/C23H23F2N7.C20H29N5O/c1-15(2)21-18(14-32(27-21)17-8-4-3-5-9-17)22-23-26-28-29-31(23)12-11-30(22)13-16-7-6-10-19(24)20(16)25;1-15(2)26-18-10-8-16(9-11-18)14-24-12-13-25-20(21-22-23-25)19(24)17-6-4-3-5-7-17/h3-10,14-15,22H,11-13H2,1-2H3;8-11,15,17,19H,3-7,12-14H2,1-2H3. The van der Waals surface area contributed by atoms with E-state index in [9.17, 15) is 8.78 Å². The third-order valence-corrected chi connectivity index (χ3v) is 11.4. The quantitative estimate of drug-likeness (QED) is 0.138. The highest BCUT2D eigenvalue weighted by Crippen LogP contribution is 2.40. The van der Waals surface area contributed by atoms with Crippen molar-refractivity contribution in [3.63, 3.8) is 0 Å². The van der Waals surface area contributed by atoms with Gasteiger partial charge in [-0.25, -0.2) is 22.8 Å². The summed E-state index contributed by atoms with van der Waals surface area (Å²) in [7, 11) is 0. The molecule has 13 nitrogen and oxygen atoms in total. The summed E-state index contributed by atoms with van der Waals surface area (Å²) in [5.41, 5.74) is 4.44. The average Bonchev–Trinajstić information content (AvgIpc) is 4.02. The Hall–Kier alpha value is -5.41. The van der Waals surface area contributed by atoms with Crippen molar-refractivity contribution in [2.45, 2.75) is 110 Å². The summed E-state index contributed by atoms with van der Waals surface area (Å²) < 4.78 is 39.8. The van der Waals surface area contributed by atoms with E-state index >= 15 is 0 Å². The van der Waals surface area contributed by atoms with Crippen molar-refractivity contribution in [3.8, 4) is 11.4 Å². The highest BCUT2D eigenvalue weighted by Gasteiger charge is 2.38. The van der Waals surface area contributed by atoms with Crippen molar-refractivity contribution in [2.24, 2.45) is 5.92 Å². The van der Waals surface area contributed by atoms with E-state index in [1.165, 1.54) is 43.7 Å². The van der Waals surface area contributed by atoms with Gasteiger partial charge in [-0.3, -0.25) is 9.80 Å². The number of halogens is 2. The Balaban J connectivity index is 0.000000165. The zero-order chi connectivity index (χ0) is 40.2. The molecule has 0 radical (unpaired) electrons. The molecular weight excluding hydrogens is 739 g/mol. The van der Waals surface area contributed by atoms with Gasteiger partial charge in [0.1, 0.15) is 11.8 Å². The van der Waals surface area contributed by atoms with Crippen LogP contribution in [0.15, 0.2) is 79.0 Å². The Morgan fingerprint density at radius 2 is 1.41 bits per heavy atom. The van der Waals surface area contributed by atoms with Gasteiger partial charge in [-0.1, -0.05) is 75.6 Å². The van der Waals surface area contributed by atoms with Gasteiger partial charge in [0.05, 0.1) is 36.6 Å². The molecule has 9 rings (SSSR count). The van der Waals surface area contributed by atoms with Gasteiger partial charge in [0, 0.05) is 43.5 Å². The number of para-hydroxylation sites is 1. The van der Waals surface area contributed by atoms with Crippen molar-refractivity contribution in [1.29, 1.82) is 0 Å². The molecule has 0 bridgehead atoms. The first-order valence-electron chi connectivity index (χ1n) is 20.6. The van der Waals surface area contributed by atoms with E-state index < -0.39 is 11.6 Å². The van der Waals surface area contributed by atoms with E-state index in [1.807, 2.05) is 45.9 Å². The summed E-state index contributed by atoms with van der Waals surface area (Å²) in [5.74, 6) is 1.81. The monoisotopic (exact) mass is 790 g/mol. The van der Waals surface area contributed by atoms with Crippen molar-refractivity contribution < 1.29 is 13.5 Å². The largest absolute Gasteiger partial charge is 0.491 e. The van der Waals surface area contributed by atoms with Crippen LogP contribution in [0, 0.1) is 17.6 Å².